The van der Waals surface area contributed by atoms with Crippen molar-refractivity contribution in [3.05, 3.63) is 58.4 Å². The molecule has 0 radical (unpaired) electrons. The van der Waals surface area contributed by atoms with Crippen LogP contribution in [-0.4, -0.2) is 24.3 Å². The largest absolute Gasteiger partial charge is 0.423 e. The van der Waals surface area contributed by atoms with Gasteiger partial charge in [-0.1, -0.05) is 30.3 Å². The highest BCUT2D eigenvalue weighted by molar-refractivity contribution is 6.06. The molecule has 1 fully saturated rings. The molecule has 130 valence electrons. The molecule has 4 rings (SSSR count). The normalized spacial score (nSPS) is 21.0. The van der Waals surface area contributed by atoms with Crippen LogP contribution in [-0.2, 0) is 6.54 Å². The summed E-state index contributed by atoms with van der Waals surface area (Å²) in [6.45, 7) is 2.13. The van der Waals surface area contributed by atoms with E-state index < -0.39 is 0 Å². The summed E-state index contributed by atoms with van der Waals surface area (Å²) in [5, 5.41) is 12.7. The molecule has 1 saturated heterocycles. The maximum absolute atomic E-state index is 12.1. The Labute approximate surface area is 146 Å². The Morgan fingerprint density at radius 1 is 1.16 bits per heavy atom. The molecule has 1 aliphatic heterocycles. The minimum atomic E-state index is -0.284. The highest BCUT2D eigenvalue weighted by Crippen LogP contribution is 2.27. The summed E-state index contributed by atoms with van der Waals surface area (Å²) in [6.07, 6.45) is 4.41. The van der Waals surface area contributed by atoms with Crippen LogP contribution in [0.25, 0.3) is 21.7 Å². The quantitative estimate of drug-likeness (QED) is 0.567. The van der Waals surface area contributed by atoms with E-state index in [1.807, 2.05) is 24.3 Å². The van der Waals surface area contributed by atoms with E-state index in [1.54, 1.807) is 6.07 Å². The van der Waals surface area contributed by atoms with E-state index in [1.165, 1.54) is 17.7 Å². The number of aliphatic hydroxyl groups is 1. The molecular formula is C21H24NO3+. The van der Waals surface area contributed by atoms with Crippen LogP contribution in [0.1, 0.15) is 31.2 Å². The third-order valence-electron chi connectivity index (χ3n) is 5.49. The van der Waals surface area contributed by atoms with Gasteiger partial charge in [-0.25, -0.2) is 4.79 Å². The first-order valence-corrected chi connectivity index (χ1v) is 9.16. The lowest BCUT2D eigenvalue weighted by atomic mass is 9.97. The molecular weight excluding hydrogens is 314 g/mol. The monoisotopic (exact) mass is 338 g/mol. The molecule has 0 amide bonds. The van der Waals surface area contributed by atoms with Gasteiger partial charge in [0.25, 0.3) is 0 Å². The summed E-state index contributed by atoms with van der Waals surface area (Å²) in [4.78, 5) is 13.5. The Kier molecular flexibility index (Phi) is 4.55. The first-order chi connectivity index (χ1) is 12.3. The molecule has 3 aromatic rings. The van der Waals surface area contributed by atoms with Gasteiger partial charge in [0.2, 0.25) is 0 Å². The van der Waals surface area contributed by atoms with Crippen molar-refractivity contribution in [2.75, 3.05) is 13.2 Å². The average molecular weight is 338 g/mol. The summed E-state index contributed by atoms with van der Waals surface area (Å²) in [6, 6.07) is 14.3. The van der Waals surface area contributed by atoms with Crippen molar-refractivity contribution in [2.24, 2.45) is 0 Å². The Hall–Kier alpha value is -2.17. The number of hydrogen-bond donors (Lipinski definition) is 2. The van der Waals surface area contributed by atoms with Crippen molar-refractivity contribution in [3.63, 3.8) is 0 Å². The fourth-order valence-corrected chi connectivity index (χ4v) is 4.29. The van der Waals surface area contributed by atoms with E-state index in [0.29, 0.717) is 11.6 Å². The predicted octanol–water partition coefficient (Wildman–Crippen LogP) is 2.27. The third kappa shape index (κ3) is 3.20. The van der Waals surface area contributed by atoms with Crippen molar-refractivity contribution in [3.8, 4) is 0 Å². The Balaban J connectivity index is 1.82. The molecule has 4 heteroatoms. The molecule has 2 heterocycles. The van der Waals surface area contributed by atoms with Gasteiger partial charge in [0, 0.05) is 30.0 Å². The van der Waals surface area contributed by atoms with Crippen LogP contribution >= 0.6 is 0 Å². The first-order valence-electron chi connectivity index (χ1n) is 9.16. The zero-order chi connectivity index (χ0) is 17.2. The number of fused-ring (bicyclic) bond motifs is 3. The summed E-state index contributed by atoms with van der Waals surface area (Å²) in [7, 11) is 0. The van der Waals surface area contributed by atoms with Crippen LogP contribution in [0.5, 0.6) is 0 Å². The van der Waals surface area contributed by atoms with E-state index in [2.05, 4.69) is 12.1 Å². The van der Waals surface area contributed by atoms with Gasteiger partial charge in [-0.3, -0.25) is 0 Å². The van der Waals surface area contributed by atoms with Gasteiger partial charge in [0.05, 0.1) is 12.6 Å². The van der Waals surface area contributed by atoms with Crippen molar-refractivity contribution < 1.29 is 14.4 Å². The van der Waals surface area contributed by atoms with Crippen LogP contribution in [0, 0.1) is 0 Å². The number of aliphatic hydroxyl groups excluding tert-OH is 1. The smallest absolute Gasteiger partial charge is 0.336 e. The lowest BCUT2D eigenvalue weighted by Crippen LogP contribution is -3.15. The van der Waals surface area contributed by atoms with E-state index >= 15 is 0 Å². The molecule has 0 spiro atoms. The predicted molar refractivity (Wildman–Crippen MR) is 98.9 cm³/mol. The second kappa shape index (κ2) is 6.98. The number of likely N-dealkylation sites (tertiary alicyclic amines) is 1. The molecule has 2 atom stereocenters. The highest BCUT2D eigenvalue weighted by Gasteiger charge is 2.26. The van der Waals surface area contributed by atoms with Crippen LogP contribution in [0.15, 0.2) is 51.7 Å². The minimum absolute atomic E-state index is 0.231. The lowest BCUT2D eigenvalue weighted by Gasteiger charge is -2.32. The number of hydrogen-bond acceptors (Lipinski definition) is 3. The van der Waals surface area contributed by atoms with E-state index in [9.17, 15) is 9.90 Å². The minimum Gasteiger partial charge on any atom is -0.423 e. The first kappa shape index (κ1) is 16.3. The van der Waals surface area contributed by atoms with Crippen LogP contribution in [0.2, 0.25) is 0 Å². The Morgan fingerprint density at radius 2 is 2.04 bits per heavy atom. The Morgan fingerprint density at radius 3 is 2.92 bits per heavy atom. The van der Waals surface area contributed by atoms with Gasteiger partial charge in [0.1, 0.15) is 12.1 Å². The third-order valence-corrected chi connectivity index (χ3v) is 5.49. The van der Waals surface area contributed by atoms with Gasteiger partial charge in [-0.15, -0.1) is 0 Å². The summed E-state index contributed by atoms with van der Waals surface area (Å²) in [5.74, 6) is 0. The molecule has 2 aromatic carbocycles. The Bertz CT molecular complexity index is 945. The average Bonchev–Trinajstić information content (AvgIpc) is 2.63. The maximum Gasteiger partial charge on any atom is 0.336 e. The topological polar surface area (TPSA) is 54.9 Å². The van der Waals surface area contributed by atoms with E-state index in [4.69, 9.17) is 4.42 Å². The molecule has 1 aromatic heterocycles. The van der Waals surface area contributed by atoms with Crippen molar-refractivity contribution >= 4 is 21.7 Å². The SMILES string of the molecule is O=c1cc(C[NH+]2CCCC[C@@H]2CCO)c2c(ccc3ccccc32)o1. The van der Waals surface area contributed by atoms with Gasteiger partial charge >= 0.3 is 5.63 Å². The van der Waals surface area contributed by atoms with Gasteiger partial charge in [-0.05, 0) is 36.1 Å². The zero-order valence-corrected chi connectivity index (χ0v) is 14.3. The van der Waals surface area contributed by atoms with Crippen molar-refractivity contribution in [1.29, 1.82) is 0 Å². The molecule has 25 heavy (non-hydrogen) atoms. The van der Waals surface area contributed by atoms with Crippen LogP contribution in [0.3, 0.4) is 0 Å². The lowest BCUT2D eigenvalue weighted by molar-refractivity contribution is -0.944. The number of benzene rings is 2. The van der Waals surface area contributed by atoms with Crippen LogP contribution < -0.4 is 10.5 Å². The van der Waals surface area contributed by atoms with E-state index in [0.717, 1.165) is 47.7 Å². The number of nitrogens with one attached hydrogen (secondary N) is 1. The second-order valence-electron chi connectivity index (χ2n) is 7.04. The van der Waals surface area contributed by atoms with Crippen molar-refractivity contribution in [1.82, 2.24) is 0 Å². The molecule has 0 bridgehead atoms. The van der Waals surface area contributed by atoms with Crippen LogP contribution in [0.4, 0.5) is 0 Å². The van der Waals surface area contributed by atoms with E-state index in [-0.39, 0.29) is 12.2 Å². The standard InChI is InChI=1S/C21H23NO3/c23-12-10-17-6-3-4-11-22(17)14-16-13-20(24)25-19-9-8-15-5-1-2-7-18(15)21(16)19/h1-2,5,7-9,13,17,23H,3-4,6,10-12,14H2/p+1/t17-/m1/s1. The van der Waals surface area contributed by atoms with Gasteiger partial charge in [0.15, 0.2) is 0 Å². The number of piperidine rings is 1. The fraction of sp³-hybridized carbons (Fsp3) is 0.381. The van der Waals surface area contributed by atoms with Gasteiger partial charge in [-0.2, -0.15) is 0 Å². The fourth-order valence-electron chi connectivity index (χ4n) is 4.29. The number of rotatable bonds is 4. The maximum atomic E-state index is 12.1. The molecule has 1 unspecified atom stereocenters. The molecule has 0 saturated carbocycles. The molecule has 2 N–H and O–H groups in total. The summed E-state index contributed by atoms with van der Waals surface area (Å²) >= 11 is 0. The molecule has 1 aliphatic rings. The summed E-state index contributed by atoms with van der Waals surface area (Å²) in [5.41, 5.74) is 1.44. The number of quaternary nitrogens is 1. The zero-order valence-electron chi connectivity index (χ0n) is 14.3. The van der Waals surface area contributed by atoms with Gasteiger partial charge < -0.3 is 14.4 Å². The van der Waals surface area contributed by atoms with Crippen molar-refractivity contribution in [2.45, 2.75) is 38.3 Å². The summed E-state index contributed by atoms with van der Waals surface area (Å²) < 4.78 is 5.47. The highest BCUT2D eigenvalue weighted by atomic mass is 16.4. The molecule has 0 aliphatic carbocycles. The molecule has 4 nitrogen and oxygen atoms in total. The second-order valence-corrected chi connectivity index (χ2v) is 7.04.